The lowest BCUT2D eigenvalue weighted by Gasteiger charge is -2.16. The molecule has 1 aliphatic carbocycles. The van der Waals surface area contributed by atoms with Crippen LogP contribution in [0, 0.1) is 5.92 Å². The van der Waals surface area contributed by atoms with E-state index in [-0.39, 0.29) is 0 Å². The van der Waals surface area contributed by atoms with E-state index in [0.717, 1.165) is 12.5 Å². The number of nitrogens with zero attached hydrogens (tertiary/aromatic N) is 1. The lowest BCUT2D eigenvalue weighted by molar-refractivity contribution is 0.313. The minimum absolute atomic E-state index is 0.642. The van der Waals surface area contributed by atoms with E-state index in [4.69, 9.17) is 17.3 Å². The van der Waals surface area contributed by atoms with Crippen molar-refractivity contribution in [1.29, 1.82) is 0 Å². The Morgan fingerprint density at radius 2 is 2.20 bits per heavy atom. The predicted molar refractivity (Wildman–Crippen MR) is 64.9 cm³/mol. The summed E-state index contributed by atoms with van der Waals surface area (Å²) in [6.07, 6.45) is 2.79. The normalized spacial score (nSPS) is 15.9. The fourth-order valence-corrected chi connectivity index (χ4v) is 1.93. The van der Waals surface area contributed by atoms with E-state index in [2.05, 4.69) is 11.9 Å². The van der Waals surface area contributed by atoms with E-state index >= 15 is 0 Å². The quantitative estimate of drug-likeness (QED) is 0.797. The third-order valence-corrected chi connectivity index (χ3v) is 3.12. The third-order valence-electron chi connectivity index (χ3n) is 2.78. The van der Waals surface area contributed by atoms with Crippen molar-refractivity contribution in [3.05, 3.63) is 28.8 Å². The molecule has 3 heteroatoms. The maximum Gasteiger partial charge on any atom is 0.0635 e. The maximum atomic E-state index is 5.87. The summed E-state index contributed by atoms with van der Waals surface area (Å²) in [5, 5.41) is 0.642. The number of hydrogen-bond donors (Lipinski definition) is 1. The minimum atomic E-state index is 0.642. The van der Waals surface area contributed by atoms with Crippen LogP contribution >= 0.6 is 11.6 Å². The minimum Gasteiger partial charge on any atom is -0.398 e. The summed E-state index contributed by atoms with van der Waals surface area (Å²) in [5.74, 6) is 0.930. The molecule has 0 amide bonds. The van der Waals surface area contributed by atoms with Gasteiger partial charge in [0.15, 0.2) is 0 Å². The fraction of sp³-hybridized carbons (Fsp3) is 0.500. The van der Waals surface area contributed by atoms with Crippen molar-refractivity contribution in [1.82, 2.24) is 4.90 Å². The molecule has 2 rings (SSSR count). The smallest absolute Gasteiger partial charge is 0.0635 e. The van der Waals surface area contributed by atoms with Gasteiger partial charge in [0.2, 0.25) is 0 Å². The topological polar surface area (TPSA) is 29.3 Å². The summed E-state index contributed by atoms with van der Waals surface area (Å²) >= 11 is 5.87. The van der Waals surface area contributed by atoms with Crippen molar-refractivity contribution in [2.75, 3.05) is 19.3 Å². The summed E-state index contributed by atoms with van der Waals surface area (Å²) in [6, 6.07) is 5.88. The summed E-state index contributed by atoms with van der Waals surface area (Å²) in [7, 11) is 2.16. The SMILES string of the molecule is CN(Cc1ccc(Cl)c(N)c1)CC1CC1. The van der Waals surface area contributed by atoms with Crippen LogP contribution in [0.4, 0.5) is 5.69 Å². The molecule has 1 aromatic carbocycles. The first-order chi connectivity index (χ1) is 7.15. The Labute approximate surface area is 96.0 Å². The van der Waals surface area contributed by atoms with Crippen LogP contribution in [0.2, 0.25) is 5.02 Å². The number of nitrogen functional groups attached to an aromatic ring is 1. The molecule has 82 valence electrons. The van der Waals surface area contributed by atoms with Crippen LogP contribution in [-0.2, 0) is 6.54 Å². The Bertz CT molecular complexity index is 347. The van der Waals surface area contributed by atoms with Crippen molar-refractivity contribution in [2.24, 2.45) is 5.92 Å². The van der Waals surface area contributed by atoms with E-state index in [9.17, 15) is 0 Å². The number of hydrogen-bond acceptors (Lipinski definition) is 2. The van der Waals surface area contributed by atoms with Crippen LogP contribution in [0.25, 0.3) is 0 Å². The number of nitrogens with two attached hydrogens (primary N) is 1. The van der Waals surface area contributed by atoms with E-state index in [1.807, 2.05) is 18.2 Å². The molecule has 2 nitrogen and oxygen atoms in total. The van der Waals surface area contributed by atoms with Gasteiger partial charge in [0.25, 0.3) is 0 Å². The molecule has 15 heavy (non-hydrogen) atoms. The molecular weight excluding hydrogens is 208 g/mol. The monoisotopic (exact) mass is 224 g/mol. The van der Waals surface area contributed by atoms with Gasteiger partial charge in [-0.3, -0.25) is 0 Å². The second kappa shape index (κ2) is 4.42. The van der Waals surface area contributed by atoms with Gasteiger partial charge >= 0.3 is 0 Å². The van der Waals surface area contributed by atoms with Gasteiger partial charge in [-0.15, -0.1) is 0 Å². The van der Waals surface area contributed by atoms with Gasteiger partial charge in [-0.1, -0.05) is 17.7 Å². The van der Waals surface area contributed by atoms with Crippen LogP contribution in [0.1, 0.15) is 18.4 Å². The Hall–Kier alpha value is -0.730. The largest absolute Gasteiger partial charge is 0.398 e. The zero-order valence-electron chi connectivity index (χ0n) is 9.04. The van der Waals surface area contributed by atoms with Gasteiger partial charge in [0.1, 0.15) is 0 Å². The first-order valence-electron chi connectivity index (χ1n) is 5.37. The Balaban J connectivity index is 1.93. The van der Waals surface area contributed by atoms with Gasteiger partial charge in [-0.05, 0) is 43.5 Å². The van der Waals surface area contributed by atoms with E-state index < -0.39 is 0 Å². The molecule has 0 spiro atoms. The average Bonchev–Trinajstić information content (AvgIpc) is 2.95. The van der Waals surface area contributed by atoms with Crippen LogP contribution < -0.4 is 5.73 Å². The highest BCUT2D eigenvalue weighted by Crippen LogP contribution is 2.29. The lowest BCUT2D eigenvalue weighted by Crippen LogP contribution is -2.20. The number of rotatable bonds is 4. The lowest BCUT2D eigenvalue weighted by atomic mass is 10.2. The van der Waals surface area contributed by atoms with Crippen LogP contribution in [0.5, 0.6) is 0 Å². The highest BCUT2D eigenvalue weighted by atomic mass is 35.5. The van der Waals surface area contributed by atoms with Gasteiger partial charge in [-0.25, -0.2) is 0 Å². The standard InChI is InChI=1S/C12H17ClN2/c1-15(7-9-2-3-9)8-10-4-5-11(13)12(14)6-10/h4-6,9H,2-3,7-8,14H2,1H3. The molecule has 0 atom stereocenters. The van der Waals surface area contributed by atoms with Crippen molar-refractivity contribution in [3.63, 3.8) is 0 Å². The van der Waals surface area contributed by atoms with Crippen LogP contribution in [0.15, 0.2) is 18.2 Å². The first kappa shape index (κ1) is 10.8. The molecule has 2 N–H and O–H groups in total. The van der Waals surface area contributed by atoms with Gasteiger partial charge in [0.05, 0.1) is 10.7 Å². The second-order valence-electron chi connectivity index (χ2n) is 4.50. The molecule has 0 unspecified atom stereocenters. The zero-order valence-corrected chi connectivity index (χ0v) is 9.80. The third kappa shape index (κ3) is 3.11. The summed E-state index contributed by atoms with van der Waals surface area (Å²) in [4.78, 5) is 2.35. The predicted octanol–water partition coefficient (Wildman–Crippen LogP) is 2.76. The van der Waals surface area contributed by atoms with Crippen LogP contribution in [-0.4, -0.2) is 18.5 Å². The molecule has 0 aliphatic heterocycles. The maximum absolute atomic E-state index is 5.87. The van der Waals surface area contributed by atoms with E-state index in [1.54, 1.807) is 0 Å². The molecule has 1 fully saturated rings. The van der Waals surface area contributed by atoms with Crippen molar-refractivity contribution in [3.8, 4) is 0 Å². The molecule has 0 saturated heterocycles. The molecule has 0 aromatic heterocycles. The number of halogens is 1. The Morgan fingerprint density at radius 3 is 2.80 bits per heavy atom. The van der Waals surface area contributed by atoms with Crippen molar-refractivity contribution < 1.29 is 0 Å². The highest BCUT2D eigenvalue weighted by Gasteiger charge is 2.22. The van der Waals surface area contributed by atoms with E-state index in [1.165, 1.54) is 24.9 Å². The fourth-order valence-electron chi connectivity index (χ4n) is 1.81. The highest BCUT2D eigenvalue weighted by molar-refractivity contribution is 6.33. The summed E-state index contributed by atoms with van der Waals surface area (Å²) in [6.45, 7) is 2.15. The van der Waals surface area contributed by atoms with Gasteiger partial charge < -0.3 is 10.6 Å². The average molecular weight is 225 g/mol. The summed E-state index contributed by atoms with van der Waals surface area (Å²) in [5.41, 5.74) is 7.67. The van der Waals surface area contributed by atoms with Crippen LogP contribution in [0.3, 0.4) is 0 Å². The molecule has 0 bridgehead atoms. The Kier molecular flexibility index (Phi) is 3.17. The Morgan fingerprint density at radius 1 is 1.47 bits per heavy atom. The molecule has 1 aliphatic rings. The summed E-state index contributed by atoms with van der Waals surface area (Å²) < 4.78 is 0. The van der Waals surface area contributed by atoms with E-state index in [0.29, 0.717) is 10.7 Å². The first-order valence-corrected chi connectivity index (χ1v) is 5.75. The second-order valence-corrected chi connectivity index (χ2v) is 4.90. The van der Waals surface area contributed by atoms with Gasteiger partial charge in [0, 0.05) is 13.1 Å². The molecule has 0 heterocycles. The van der Waals surface area contributed by atoms with Crippen molar-refractivity contribution in [2.45, 2.75) is 19.4 Å². The molecule has 1 aromatic rings. The van der Waals surface area contributed by atoms with Gasteiger partial charge in [-0.2, -0.15) is 0 Å². The molecule has 1 saturated carbocycles. The number of benzene rings is 1. The number of anilines is 1. The molecule has 0 radical (unpaired) electrons. The van der Waals surface area contributed by atoms with Crippen molar-refractivity contribution >= 4 is 17.3 Å². The molecular formula is C12H17ClN2. The zero-order chi connectivity index (χ0) is 10.8.